The van der Waals surface area contributed by atoms with Crippen molar-refractivity contribution < 1.29 is 4.79 Å². The number of rotatable bonds is 8. The molecule has 0 saturated carbocycles. The van der Waals surface area contributed by atoms with Gasteiger partial charge in [0.1, 0.15) is 0 Å². The van der Waals surface area contributed by atoms with Crippen LogP contribution in [0.5, 0.6) is 0 Å². The van der Waals surface area contributed by atoms with Gasteiger partial charge in [-0.25, -0.2) is 0 Å². The highest BCUT2D eigenvalue weighted by Gasteiger charge is 2.30. The van der Waals surface area contributed by atoms with E-state index in [9.17, 15) is 4.79 Å². The van der Waals surface area contributed by atoms with E-state index in [-0.39, 0.29) is 11.9 Å². The van der Waals surface area contributed by atoms with Gasteiger partial charge >= 0.3 is 0 Å². The van der Waals surface area contributed by atoms with Crippen LogP contribution in [0.25, 0.3) is 0 Å². The van der Waals surface area contributed by atoms with Crippen LogP contribution in [-0.4, -0.2) is 23.2 Å². The summed E-state index contributed by atoms with van der Waals surface area (Å²) in [6.07, 6.45) is 1.72. The second-order valence-electron chi connectivity index (χ2n) is 6.19. The topological polar surface area (TPSA) is 55.1 Å². The molecule has 0 heterocycles. The summed E-state index contributed by atoms with van der Waals surface area (Å²) in [5.41, 5.74) is 7.57. The van der Waals surface area contributed by atoms with Crippen molar-refractivity contribution in [1.29, 1.82) is 0 Å². The Bertz CT molecular complexity index is 488. The van der Waals surface area contributed by atoms with Gasteiger partial charge in [-0.1, -0.05) is 6.07 Å². The summed E-state index contributed by atoms with van der Waals surface area (Å²) in [6.45, 7) is 10.2. The average molecular weight is 308 g/mol. The largest absolute Gasteiger partial charge is 0.368 e. The Labute approximate surface area is 133 Å². The fourth-order valence-corrected chi connectivity index (χ4v) is 3.27. The number of nitrogens with one attached hydrogen (secondary N) is 1. The molecule has 0 bridgehead atoms. The number of aryl methyl sites for hydroxylation is 2. The Kier molecular flexibility index (Phi) is 6.75. The van der Waals surface area contributed by atoms with E-state index in [1.54, 1.807) is 0 Å². The minimum atomic E-state index is -0.613. The molecule has 1 atom stereocenters. The quantitative estimate of drug-likeness (QED) is 0.571. The maximum Gasteiger partial charge on any atom is 0.237 e. The van der Waals surface area contributed by atoms with E-state index in [0.29, 0.717) is 0 Å². The van der Waals surface area contributed by atoms with Gasteiger partial charge in [0.05, 0.1) is 5.54 Å². The third-order valence-electron chi connectivity index (χ3n) is 3.72. The predicted molar refractivity (Wildman–Crippen MR) is 91.7 cm³/mol. The first-order valence-corrected chi connectivity index (χ1v) is 8.51. The molecule has 0 aromatic heterocycles. The van der Waals surface area contributed by atoms with Crippen molar-refractivity contribution in [2.24, 2.45) is 5.73 Å². The lowest BCUT2D eigenvalue weighted by Crippen LogP contribution is -2.55. The SMILES string of the molecule is Cc1ccc(SCCCC(C)(NC(C)C)C(N)=O)cc1C. The van der Waals surface area contributed by atoms with Crippen LogP contribution in [0.1, 0.15) is 44.7 Å². The number of benzene rings is 1. The van der Waals surface area contributed by atoms with Crippen LogP contribution in [0.15, 0.2) is 23.1 Å². The van der Waals surface area contributed by atoms with Crippen molar-refractivity contribution in [3.63, 3.8) is 0 Å². The van der Waals surface area contributed by atoms with E-state index in [1.165, 1.54) is 16.0 Å². The summed E-state index contributed by atoms with van der Waals surface area (Å²) < 4.78 is 0. The van der Waals surface area contributed by atoms with Gasteiger partial charge in [0.15, 0.2) is 0 Å². The number of hydrogen-bond donors (Lipinski definition) is 2. The fourth-order valence-electron chi connectivity index (χ4n) is 2.32. The Hall–Kier alpha value is -1.00. The number of nitrogens with two attached hydrogens (primary N) is 1. The van der Waals surface area contributed by atoms with Crippen LogP contribution in [-0.2, 0) is 4.79 Å². The van der Waals surface area contributed by atoms with Gasteiger partial charge in [-0.3, -0.25) is 4.79 Å². The Morgan fingerprint density at radius 2 is 2.00 bits per heavy atom. The molecule has 3 nitrogen and oxygen atoms in total. The monoisotopic (exact) mass is 308 g/mol. The van der Waals surface area contributed by atoms with Gasteiger partial charge in [-0.2, -0.15) is 0 Å². The Morgan fingerprint density at radius 3 is 2.52 bits per heavy atom. The molecule has 21 heavy (non-hydrogen) atoms. The molecular formula is C17H28N2OS. The molecule has 0 saturated heterocycles. The number of primary amides is 1. The molecule has 118 valence electrons. The lowest BCUT2D eigenvalue weighted by atomic mass is 9.94. The third kappa shape index (κ3) is 5.71. The summed E-state index contributed by atoms with van der Waals surface area (Å²) in [7, 11) is 0. The Morgan fingerprint density at radius 1 is 1.33 bits per heavy atom. The molecular weight excluding hydrogens is 280 g/mol. The highest BCUT2D eigenvalue weighted by atomic mass is 32.2. The maximum atomic E-state index is 11.7. The van der Waals surface area contributed by atoms with Crippen LogP contribution in [0.4, 0.5) is 0 Å². The Balaban J connectivity index is 2.47. The van der Waals surface area contributed by atoms with Crippen molar-refractivity contribution in [3.05, 3.63) is 29.3 Å². The smallest absolute Gasteiger partial charge is 0.237 e. The number of carbonyl (C=O) groups excluding carboxylic acids is 1. The highest BCUT2D eigenvalue weighted by molar-refractivity contribution is 7.99. The summed E-state index contributed by atoms with van der Waals surface area (Å²) in [5.74, 6) is 0.720. The summed E-state index contributed by atoms with van der Waals surface area (Å²) in [5, 5.41) is 3.29. The average Bonchev–Trinajstić information content (AvgIpc) is 2.38. The first-order valence-electron chi connectivity index (χ1n) is 7.52. The molecule has 0 radical (unpaired) electrons. The van der Waals surface area contributed by atoms with Gasteiger partial charge in [0, 0.05) is 10.9 Å². The highest BCUT2D eigenvalue weighted by Crippen LogP contribution is 2.23. The summed E-state index contributed by atoms with van der Waals surface area (Å²) in [4.78, 5) is 12.9. The van der Waals surface area contributed by atoms with Crippen LogP contribution in [0, 0.1) is 13.8 Å². The van der Waals surface area contributed by atoms with Crippen LogP contribution < -0.4 is 11.1 Å². The van der Waals surface area contributed by atoms with E-state index in [1.807, 2.05) is 32.5 Å². The molecule has 3 N–H and O–H groups in total. The van der Waals surface area contributed by atoms with Crippen molar-refractivity contribution in [2.75, 3.05) is 5.75 Å². The van der Waals surface area contributed by atoms with E-state index in [2.05, 4.69) is 37.4 Å². The van der Waals surface area contributed by atoms with E-state index in [0.717, 1.165) is 18.6 Å². The first-order chi connectivity index (χ1) is 9.74. The zero-order chi connectivity index (χ0) is 16.0. The number of amides is 1. The van der Waals surface area contributed by atoms with Crippen LogP contribution in [0.2, 0.25) is 0 Å². The molecule has 1 unspecified atom stereocenters. The van der Waals surface area contributed by atoms with Gasteiger partial charge in [0.25, 0.3) is 0 Å². The molecule has 1 amide bonds. The molecule has 0 aliphatic rings. The second-order valence-corrected chi connectivity index (χ2v) is 7.36. The van der Waals surface area contributed by atoms with Crippen molar-refractivity contribution in [1.82, 2.24) is 5.32 Å². The van der Waals surface area contributed by atoms with Crippen molar-refractivity contribution in [2.45, 2.75) is 63.9 Å². The van der Waals surface area contributed by atoms with Gasteiger partial charge < -0.3 is 11.1 Å². The minimum Gasteiger partial charge on any atom is -0.368 e. The second kappa shape index (κ2) is 7.85. The summed E-state index contributed by atoms with van der Waals surface area (Å²) in [6, 6.07) is 6.78. The first kappa shape index (κ1) is 18.1. The number of hydrogen-bond acceptors (Lipinski definition) is 3. The van der Waals surface area contributed by atoms with Gasteiger partial charge in [0.2, 0.25) is 5.91 Å². The molecule has 0 aliphatic heterocycles. The molecule has 1 aromatic rings. The maximum absolute atomic E-state index is 11.7. The van der Waals surface area contributed by atoms with Crippen LogP contribution in [0.3, 0.4) is 0 Å². The van der Waals surface area contributed by atoms with Gasteiger partial charge in [-0.05, 0) is 76.5 Å². The van der Waals surface area contributed by atoms with Crippen LogP contribution >= 0.6 is 11.8 Å². The van der Waals surface area contributed by atoms with E-state index < -0.39 is 5.54 Å². The normalized spacial score (nSPS) is 14.2. The third-order valence-corrected chi connectivity index (χ3v) is 4.80. The van der Waals surface area contributed by atoms with E-state index in [4.69, 9.17) is 5.73 Å². The fraction of sp³-hybridized carbons (Fsp3) is 0.588. The number of carbonyl (C=O) groups is 1. The lowest BCUT2D eigenvalue weighted by Gasteiger charge is -2.29. The molecule has 0 aliphatic carbocycles. The van der Waals surface area contributed by atoms with E-state index >= 15 is 0 Å². The van der Waals surface area contributed by atoms with Crippen molar-refractivity contribution >= 4 is 17.7 Å². The minimum absolute atomic E-state index is 0.245. The molecule has 0 fully saturated rings. The molecule has 1 aromatic carbocycles. The molecule has 1 rings (SSSR count). The summed E-state index contributed by atoms with van der Waals surface area (Å²) >= 11 is 1.83. The van der Waals surface area contributed by atoms with Gasteiger partial charge in [-0.15, -0.1) is 11.8 Å². The zero-order valence-corrected chi connectivity index (χ0v) is 14.6. The zero-order valence-electron chi connectivity index (χ0n) is 13.8. The standard InChI is InChI=1S/C17H28N2OS/c1-12(2)19-17(5,16(18)20)9-6-10-21-15-8-7-13(3)14(4)11-15/h7-8,11-12,19H,6,9-10H2,1-5H3,(H2,18,20). The van der Waals surface area contributed by atoms with Crippen molar-refractivity contribution in [3.8, 4) is 0 Å². The number of thioether (sulfide) groups is 1. The lowest BCUT2D eigenvalue weighted by molar-refractivity contribution is -0.124. The predicted octanol–water partition coefficient (Wildman–Crippen LogP) is 3.42. The molecule has 4 heteroatoms. The molecule has 0 spiro atoms.